The summed E-state index contributed by atoms with van der Waals surface area (Å²) < 4.78 is 1.97. The predicted octanol–water partition coefficient (Wildman–Crippen LogP) is 3.76. The summed E-state index contributed by atoms with van der Waals surface area (Å²) in [6, 6.07) is 4.46. The van der Waals surface area contributed by atoms with Crippen molar-refractivity contribution < 1.29 is 0 Å². The zero-order chi connectivity index (χ0) is 21.1. The second kappa shape index (κ2) is 14.3. The molecule has 2 heterocycles. The molecule has 1 unspecified atom stereocenters. The lowest BCUT2D eigenvalue weighted by atomic mass is 10.2. The molecule has 0 aliphatic heterocycles. The number of rotatable bonds is 11. The van der Waals surface area contributed by atoms with Crippen molar-refractivity contribution in [2.45, 2.75) is 60.0 Å². The van der Waals surface area contributed by atoms with Gasteiger partial charge in [-0.3, -0.25) is 4.57 Å². The van der Waals surface area contributed by atoms with Crippen molar-refractivity contribution in [3.05, 3.63) is 42.1 Å². The van der Waals surface area contributed by atoms with Gasteiger partial charge in [-0.25, -0.2) is 15.0 Å². The Bertz CT molecular complexity index is 738. The number of aliphatic imine (C=N–C) groups is 1. The Kier molecular flexibility index (Phi) is 12.6. The maximum Gasteiger partial charge on any atom is 0.191 e. The number of nitrogens with zero attached hydrogens (tertiary/aromatic N) is 5. The van der Waals surface area contributed by atoms with Gasteiger partial charge in [-0.15, -0.1) is 24.0 Å². The molecule has 0 saturated carbocycles. The summed E-state index contributed by atoms with van der Waals surface area (Å²) in [6.07, 6.45) is 7.90. The fourth-order valence-electron chi connectivity index (χ4n) is 3.23. The average Bonchev–Trinajstić information content (AvgIpc) is 3.16. The SMILES string of the molecule is CCNC(=NCc1ccc(-n2ccnc2C)nc1)NC(C)CCCN(CC)CC.I. The molecule has 1 atom stereocenters. The second-order valence-corrected chi connectivity index (χ2v) is 7.28. The van der Waals surface area contributed by atoms with Crippen molar-refractivity contribution in [2.24, 2.45) is 4.99 Å². The lowest BCUT2D eigenvalue weighted by Gasteiger charge is -2.21. The van der Waals surface area contributed by atoms with Crippen molar-refractivity contribution in [3.8, 4) is 5.82 Å². The molecule has 2 aromatic rings. The first-order chi connectivity index (χ1) is 14.1. The van der Waals surface area contributed by atoms with Gasteiger partial charge in [0.2, 0.25) is 0 Å². The summed E-state index contributed by atoms with van der Waals surface area (Å²) in [4.78, 5) is 16.0. The molecule has 30 heavy (non-hydrogen) atoms. The van der Waals surface area contributed by atoms with Gasteiger partial charge in [-0.05, 0) is 64.9 Å². The van der Waals surface area contributed by atoms with Crippen LogP contribution in [0.4, 0.5) is 0 Å². The van der Waals surface area contributed by atoms with Crippen molar-refractivity contribution in [3.63, 3.8) is 0 Å². The van der Waals surface area contributed by atoms with Crippen molar-refractivity contribution in [2.75, 3.05) is 26.2 Å². The Balaban J connectivity index is 0.00000450. The van der Waals surface area contributed by atoms with Crippen molar-refractivity contribution in [1.29, 1.82) is 0 Å². The van der Waals surface area contributed by atoms with E-state index >= 15 is 0 Å². The Labute approximate surface area is 198 Å². The van der Waals surface area contributed by atoms with Crippen LogP contribution in [0, 0.1) is 6.92 Å². The quantitative estimate of drug-likeness (QED) is 0.265. The van der Waals surface area contributed by atoms with Crippen LogP contribution in [0.1, 0.15) is 51.9 Å². The molecular weight excluding hydrogens is 489 g/mol. The number of imidazole rings is 1. The minimum Gasteiger partial charge on any atom is -0.357 e. The van der Waals surface area contributed by atoms with Crippen molar-refractivity contribution >= 4 is 29.9 Å². The molecule has 8 heteroatoms. The minimum atomic E-state index is 0. The van der Waals surface area contributed by atoms with Gasteiger partial charge in [-0.1, -0.05) is 19.9 Å². The third kappa shape index (κ3) is 8.59. The highest BCUT2D eigenvalue weighted by atomic mass is 127. The van der Waals surface area contributed by atoms with Gasteiger partial charge in [0.1, 0.15) is 11.6 Å². The van der Waals surface area contributed by atoms with Gasteiger partial charge < -0.3 is 15.5 Å². The highest BCUT2D eigenvalue weighted by molar-refractivity contribution is 14.0. The molecule has 0 spiro atoms. The Morgan fingerprint density at radius 3 is 2.53 bits per heavy atom. The standard InChI is InChI=1S/C22H37N7.HI/c1-6-23-22(27-18(4)10-9-14-28(7-2)8-3)26-17-20-11-12-21(25-16-20)29-15-13-24-19(29)5;/h11-13,15-16,18H,6-10,14,17H2,1-5H3,(H2,23,26,27);1H. The number of hydrogen-bond acceptors (Lipinski definition) is 4. The largest absolute Gasteiger partial charge is 0.357 e. The second-order valence-electron chi connectivity index (χ2n) is 7.28. The first kappa shape index (κ1) is 26.4. The average molecular weight is 527 g/mol. The first-order valence-corrected chi connectivity index (χ1v) is 10.8. The van der Waals surface area contributed by atoms with Crippen LogP contribution in [-0.2, 0) is 6.54 Å². The molecule has 0 aliphatic rings. The molecule has 0 radical (unpaired) electrons. The van der Waals surface area contributed by atoms with Gasteiger partial charge in [-0.2, -0.15) is 0 Å². The third-order valence-corrected chi connectivity index (χ3v) is 5.03. The fraction of sp³-hybridized carbons (Fsp3) is 0.591. The minimum absolute atomic E-state index is 0. The molecule has 2 N–H and O–H groups in total. The Morgan fingerprint density at radius 1 is 1.20 bits per heavy atom. The molecule has 0 saturated heterocycles. The van der Waals surface area contributed by atoms with Crippen LogP contribution in [-0.4, -0.2) is 57.6 Å². The molecule has 2 rings (SSSR count). The van der Waals surface area contributed by atoms with Gasteiger partial charge >= 0.3 is 0 Å². The number of aromatic nitrogens is 3. The van der Waals surface area contributed by atoms with E-state index in [2.05, 4.69) is 59.3 Å². The molecule has 0 aliphatic carbocycles. The van der Waals surface area contributed by atoms with E-state index in [-0.39, 0.29) is 24.0 Å². The summed E-state index contributed by atoms with van der Waals surface area (Å²) >= 11 is 0. The fourth-order valence-corrected chi connectivity index (χ4v) is 3.23. The third-order valence-electron chi connectivity index (χ3n) is 5.03. The zero-order valence-electron chi connectivity index (χ0n) is 19.1. The molecule has 0 bridgehead atoms. The van der Waals surface area contributed by atoms with Gasteiger partial charge in [0.25, 0.3) is 0 Å². The van der Waals surface area contributed by atoms with E-state index < -0.39 is 0 Å². The summed E-state index contributed by atoms with van der Waals surface area (Å²) in [5, 5.41) is 6.87. The Hall–Kier alpha value is -1.68. The van der Waals surface area contributed by atoms with E-state index in [9.17, 15) is 0 Å². The maximum atomic E-state index is 4.73. The van der Waals surface area contributed by atoms with Crippen LogP contribution in [0.25, 0.3) is 5.82 Å². The van der Waals surface area contributed by atoms with Crippen LogP contribution >= 0.6 is 24.0 Å². The molecule has 0 fully saturated rings. The molecule has 2 aromatic heterocycles. The number of hydrogen-bond donors (Lipinski definition) is 2. The molecular formula is C22H38IN7. The zero-order valence-corrected chi connectivity index (χ0v) is 21.4. The number of halogens is 1. The maximum absolute atomic E-state index is 4.73. The molecule has 168 valence electrons. The Morgan fingerprint density at radius 2 is 1.97 bits per heavy atom. The van der Waals surface area contributed by atoms with Gasteiger partial charge in [0.05, 0.1) is 6.54 Å². The predicted molar refractivity (Wildman–Crippen MR) is 136 cm³/mol. The van der Waals surface area contributed by atoms with E-state index in [4.69, 9.17) is 4.99 Å². The van der Waals surface area contributed by atoms with Crippen molar-refractivity contribution in [1.82, 2.24) is 30.1 Å². The molecule has 0 aromatic carbocycles. The van der Waals surface area contributed by atoms with Crippen LogP contribution in [0.2, 0.25) is 0 Å². The smallest absolute Gasteiger partial charge is 0.191 e. The van der Waals surface area contributed by atoms with E-state index in [1.165, 1.54) is 6.42 Å². The molecule has 0 amide bonds. The first-order valence-electron chi connectivity index (χ1n) is 10.8. The molecule has 7 nitrogen and oxygen atoms in total. The van der Waals surface area contributed by atoms with Crippen LogP contribution in [0.3, 0.4) is 0 Å². The van der Waals surface area contributed by atoms with Crippen LogP contribution < -0.4 is 10.6 Å². The number of aryl methyl sites for hydroxylation is 1. The monoisotopic (exact) mass is 527 g/mol. The van der Waals surface area contributed by atoms with Gasteiger partial charge in [0, 0.05) is 31.2 Å². The summed E-state index contributed by atoms with van der Waals surface area (Å²) in [5.41, 5.74) is 1.08. The van der Waals surface area contributed by atoms with Crippen LogP contribution in [0.15, 0.2) is 35.7 Å². The highest BCUT2D eigenvalue weighted by Crippen LogP contribution is 2.09. The van der Waals surface area contributed by atoms with E-state index in [0.29, 0.717) is 12.6 Å². The van der Waals surface area contributed by atoms with Crippen LogP contribution in [0.5, 0.6) is 0 Å². The lowest BCUT2D eigenvalue weighted by Crippen LogP contribution is -2.42. The lowest BCUT2D eigenvalue weighted by molar-refractivity contribution is 0.292. The highest BCUT2D eigenvalue weighted by Gasteiger charge is 2.07. The summed E-state index contributed by atoms with van der Waals surface area (Å²) in [6.45, 7) is 15.6. The number of nitrogens with one attached hydrogen (secondary N) is 2. The number of guanidine groups is 1. The van der Waals surface area contributed by atoms with E-state index in [1.54, 1.807) is 6.20 Å². The number of pyridine rings is 1. The summed E-state index contributed by atoms with van der Waals surface area (Å²) in [5.74, 6) is 2.66. The topological polar surface area (TPSA) is 70.4 Å². The summed E-state index contributed by atoms with van der Waals surface area (Å²) in [7, 11) is 0. The normalized spacial score (nSPS) is 12.5. The van der Waals surface area contributed by atoms with E-state index in [0.717, 1.165) is 55.8 Å². The van der Waals surface area contributed by atoms with Gasteiger partial charge in [0.15, 0.2) is 5.96 Å². The van der Waals surface area contributed by atoms with E-state index in [1.807, 2.05) is 30.0 Å².